The van der Waals surface area contributed by atoms with Gasteiger partial charge in [0.2, 0.25) is 11.8 Å². The van der Waals surface area contributed by atoms with Crippen LogP contribution in [0.5, 0.6) is 0 Å². The van der Waals surface area contributed by atoms with Crippen molar-refractivity contribution in [3.63, 3.8) is 0 Å². The van der Waals surface area contributed by atoms with Crippen LogP contribution in [0, 0.1) is 0 Å². The van der Waals surface area contributed by atoms with E-state index in [1.165, 1.54) is 15.5 Å². The van der Waals surface area contributed by atoms with Gasteiger partial charge in [-0.2, -0.15) is 0 Å². The van der Waals surface area contributed by atoms with Crippen LogP contribution in [0.15, 0.2) is 23.1 Å². The Labute approximate surface area is 104 Å². The summed E-state index contributed by atoms with van der Waals surface area (Å²) in [4.78, 5) is 35.5. The lowest BCUT2D eigenvalue weighted by Crippen LogP contribution is -2.31. The summed E-state index contributed by atoms with van der Waals surface area (Å²) in [7, 11) is 0. The number of nitrogens with zero attached hydrogens (tertiary/aromatic N) is 2. The average Bonchev–Trinajstić information content (AvgIpc) is 2.65. The second-order valence-electron chi connectivity index (χ2n) is 4.29. The number of rotatable bonds is 4. The molecule has 1 saturated heterocycles. The van der Waals surface area contributed by atoms with Crippen molar-refractivity contribution in [1.29, 1.82) is 0 Å². The Morgan fingerprint density at radius 3 is 2.39 bits per heavy atom. The zero-order chi connectivity index (χ0) is 13.1. The van der Waals surface area contributed by atoms with Gasteiger partial charge in [-0.3, -0.25) is 19.3 Å². The summed E-state index contributed by atoms with van der Waals surface area (Å²) in [5, 5.41) is 0. The molecule has 1 aromatic rings. The van der Waals surface area contributed by atoms with E-state index in [0.29, 0.717) is 38.0 Å². The van der Waals surface area contributed by atoms with E-state index in [4.69, 9.17) is 5.73 Å². The molecule has 0 aromatic carbocycles. The monoisotopic (exact) mass is 249 g/mol. The third kappa shape index (κ3) is 2.58. The summed E-state index contributed by atoms with van der Waals surface area (Å²) in [6.45, 7) is 0.805. The second-order valence-corrected chi connectivity index (χ2v) is 4.29. The maximum atomic E-state index is 11.5. The fourth-order valence-electron chi connectivity index (χ4n) is 2.00. The van der Waals surface area contributed by atoms with Gasteiger partial charge in [-0.25, -0.2) is 0 Å². The lowest BCUT2D eigenvalue weighted by molar-refractivity contribution is -0.138. The first kappa shape index (κ1) is 12.3. The Balaban J connectivity index is 1.92. The molecule has 0 atom stereocenters. The summed E-state index contributed by atoms with van der Waals surface area (Å²) >= 11 is 0. The van der Waals surface area contributed by atoms with Crippen molar-refractivity contribution in [1.82, 2.24) is 9.47 Å². The van der Waals surface area contributed by atoms with E-state index in [-0.39, 0.29) is 17.4 Å². The van der Waals surface area contributed by atoms with Crippen molar-refractivity contribution in [2.24, 2.45) is 0 Å². The summed E-state index contributed by atoms with van der Waals surface area (Å²) in [5.74, 6) is -0.250. The molecular formula is C12H15N3O3. The molecule has 0 saturated carbocycles. The van der Waals surface area contributed by atoms with Crippen LogP contribution in [0.25, 0.3) is 0 Å². The molecule has 18 heavy (non-hydrogen) atoms. The molecule has 2 amide bonds. The predicted molar refractivity (Wildman–Crippen MR) is 65.7 cm³/mol. The number of hydrogen-bond donors (Lipinski definition) is 1. The molecule has 2 N–H and O–H groups in total. The van der Waals surface area contributed by atoms with Crippen LogP contribution >= 0.6 is 0 Å². The summed E-state index contributed by atoms with van der Waals surface area (Å²) in [6.07, 6.45) is 2.73. The molecule has 1 aliphatic heterocycles. The van der Waals surface area contributed by atoms with Crippen molar-refractivity contribution < 1.29 is 9.59 Å². The molecule has 0 aliphatic carbocycles. The number of anilines is 1. The maximum absolute atomic E-state index is 11.5. The number of likely N-dealkylation sites (tertiary alicyclic amines) is 1. The van der Waals surface area contributed by atoms with Crippen molar-refractivity contribution in [3.8, 4) is 0 Å². The third-order valence-electron chi connectivity index (χ3n) is 2.94. The minimum absolute atomic E-state index is 0.125. The first-order valence-electron chi connectivity index (χ1n) is 5.87. The Bertz CT molecular complexity index is 520. The highest BCUT2D eigenvalue weighted by molar-refractivity contribution is 6.01. The number of carbonyl (C=O) groups is 2. The van der Waals surface area contributed by atoms with E-state index in [0.717, 1.165) is 0 Å². The lowest BCUT2D eigenvalue weighted by Gasteiger charge is -2.14. The number of pyridine rings is 1. The highest BCUT2D eigenvalue weighted by Gasteiger charge is 2.27. The Morgan fingerprint density at radius 1 is 1.06 bits per heavy atom. The number of aromatic nitrogens is 1. The highest BCUT2D eigenvalue weighted by Crippen LogP contribution is 2.12. The average molecular weight is 249 g/mol. The van der Waals surface area contributed by atoms with Gasteiger partial charge in [0.1, 0.15) is 0 Å². The molecule has 6 heteroatoms. The number of nitrogens with two attached hydrogens (primary N) is 1. The number of amides is 2. The number of aryl methyl sites for hydroxylation is 1. The van der Waals surface area contributed by atoms with Gasteiger partial charge in [-0.05, 0) is 12.5 Å². The lowest BCUT2D eigenvalue weighted by atomic mass is 10.3. The Kier molecular flexibility index (Phi) is 3.45. The van der Waals surface area contributed by atoms with Gasteiger partial charge >= 0.3 is 0 Å². The molecule has 1 aliphatic rings. The van der Waals surface area contributed by atoms with Gasteiger partial charge in [0, 0.05) is 43.9 Å². The van der Waals surface area contributed by atoms with Crippen molar-refractivity contribution in [3.05, 3.63) is 28.7 Å². The third-order valence-corrected chi connectivity index (χ3v) is 2.94. The fourth-order valence-corrected chi connectivity index (χ4v) is 2.00. The molecule has 0 bridgehead atoms. The van der Waals surface area contributed by atoms with Crippen LogP contribution in [0.4, 0.5) is 5.69 Å². The van der Waals surface area contributed by atoms with E-state index in [9.17, 15) is 14.4 Å². The molecule has 2 rings (SSSR count). The number of carbonyl (C=O) groups excluding carboxylic acids is 2. The van der Waals surface area contributed by atoms with E-state index in [1.54, 1.807) is 12.3 Å². The quantitative estimate of drug-likeness (QED) is 0.759. The van der Waals surface area contributed by atoms with Crippen LogP contribution in [0.1, 0.15) is 19.3 Å². The topological polar surface area (TPSA) is 85.4 Å². The first-order chi connectivity index (χ1) is 8.58. The molecule has 1 aromatic heterocycles. The van der Waals surface area contributed by atoms with Gasteiger partial charge in [-0.1, -0.05) is 0 Å². The van der Waals surface area contributed by atoms with Gasteiger partial charge in [0.15, 0.2) is 0 Å². The van der Waals surface area contributed by atoms with Crippen LogP contribution in [0.2, 0.25) is 0 Å². The standard InChI is InChI=1S/C12H15N3O3/c13-9-2-3-10(16)14(8-9)6-1-7-15-11(17)4-5-12(15)18/h2-3,8H,1,4-7,13H2. The largest absolute Gasteiger partial charge is 0.398 e. The zero-order valence-electron chi connectivity index (χ0n) is 9.96. The van der Waals surface area contributed by atoms with Crippen molar-refractivity contribution >= 4 is 17.5 Å². The van der Waals surface area contributed by atoms with Crippen LogP contribution in [0.3, 0.4) is 0 Å². The summed E-state index contributed by atoms with van der Waals surface area (Å²) < 4.78 is 1.49. The molecule has 0 unspecified atom stereocenters. The van der Waals surface area contributed by atoms with Crippen LogP contribution < -0.4 is 11.3 Å². The molecule has 1 fully saturated rings. The Hall–Kier alpha value is -2.11. The highest BCUT2D eigenvalue weighted by atomic mass is 16.2. The second kappa shape index (κ2) is 5.03. The maximum Gasteiger partial charge on any atom is 0.250 e. The van der Waals surface area contributed by atoms with E-state index in [1.807, 2.05) is 0 Å². The smallest absolute Gasteiger partial charge is 0.250 e. The van der Waals surface area contributed by atoms with Crippen LogP contribution in [-0.4, -0.2) is 27.8 Å². The molecule has 0 radical (unpaired) electrons. The number of hydrogen-bond acceptors (Lipinski definition) is 4. The van der Waals surface area contributed by atoms with E-state index < -0.39 is 0 Å². The van der Waals surface area contributed by atoms with E-state index >= 15 is 0 Å². The zero-order valence-corrected chi connectivity index (χ0v) is 9.96. The molecule has 96 valence electrons. The van der Waals surface area contributed by atoms with Gasteiger partial charge in [-0.15, -0.1) is 0 Å². The first-order valence-corrected chi connectivity index (χ1v) is 5.87. The summed E-state index contributed by atoms with van der Waals surface area (Å²) in [6, 6.07) is 2.95. The molecule has 0 spiro atoms. The van der Waals surface area contributed by atoms with Gasteiger partial charge in [0.05, 0.1) is 0 Å². The minimum atomic E-state index is -0.136. The van der Waals surface area contributed by atoms with E-state index in [2.05, 4.69) is 0 Å². The summed E-state index contributed by atoms with van der Waals surface area (Å²) in [5.41, 5.74) is 5.97. The van der Waals surface area contributed by atoms with Gasteiger partial charge < -0.3 is 10.3 Å². The normalized spacial score (nSPS) is 15.4. The molecule has 2 heterocycles. The van der Waals surface area contributed by atoms with Crippen molar-refractivity contribution in [2.45, 2.75) is 25.8 Å². The Morgan fingerprint density at radius 2 is 1.72 bits per heavy atom. The fraction of sp³-hybridized carbons (Fsp3) is 0.417. The molecular weight excluding hydrogens is 234 g/mol. The van der Waals surface area contributed by atoms with Crippen LogP contribution in [-0.2, 0) is 16.1 Å². The number of imide groups is 1. The van der Waals surface area contributed by atoms with Crippen molar-refractivity contribution in [2.75, 3.05) is 12.3 Å². The number of nitrogen functional groups attached to an aromatic ring is 1. The molecule has 6 nitrogen and oxygen atoms in total. The predicted octanol–water partition coefficient (Wildman–Crippen LogP) is -0.0304. The van der Waals surface area contributed by atoms with Gasteiger partial charge in [0.25, 0.3) is 5.56 Å². The SMILES string of the molecule is Nc1ccc(=O)n(CCCN2C(=O)CCC2=O)c1. The minimum Gasteiger partial charge on any atom is -0.398 e.